The van der Waals surface area contributed by atoms with E-state index in [1.165, 1.54) is 0 Å². The van der Waals surface area contributed by atoms with Crippen molar-refractivity contribution in [2.75, 3.05) is 25.1 Å². The van der Waals surface area contributed by atoms with E-state index in [1.54, 1.807) is 18.2 Å². The topological polar surface area (TPSA) is 73.9 Å². The molecule has 0 saturated carbocycles. The molecule has 0 radical (unpaired) electrons. The van der Waals surface area contributed by atoms with Gasteiger partial charge in [-0.25, -0.2) is 0 Å². The zero-order chi connectivity index (χ0) is 20.5. The number of aryl methyl sites for hydroxylation is 2. The van der Waals surface area contributed by atoms with Gasteiger partial charge in [-0.1, -0.05) is 12.1 Å². The minimum absolute atomic E-state index is 0.0450. The summed E-state index contributed by atoms with van der Waals surface area (Å²) in [5, 5.41) is 2.72. The van der Waals surface area contributed by atoms with Crippen molar-refractivity contribution in [2.45, 2.75) is 34.1 Å². The Morgan fingerprint density at radius 3 is 2.29 bits per heavy atom. The van der Waals surface area contributed by atoms with Gasteiger partial charge in [0.15, 0.2) is 18.1 Å². The number of carbonyl (C=O) groups excluding carboxylic acids is 2. The fourth-order valence-corrected chi connectivity index (χ4v) is 2.59. The molecular weight excluding hydrogens is 358 g/mol. The first-order valence-corrected chi connectivity index (χ1v) is 9.34. The molecule has 1 amide bonds. The maximum absolute atomic E-state index is 12.1. The Labute approximate surface area is 165 Å². The summed E-state index contributed by atoms with van der Waals surface area (Å²) in [4.78, 5) is 24.1. The van der Waals surface area contributed by atoms with Crippen LogP contribution in [0.25, 0.3) is 0 Å². The fourth-order valence-electron chi connectivity index (χ4n) is 2.59. The number of ether oxygens (including phenoxy) is 3. The van der Waals surface area contributed by atoms with Crippen LogP contribution in [0.2, 0.25) is 0 Å². The van der Waals surface area contributed by atoms with Gasteiger partial charge in [0, 0.05) is 5.69 Å². The minimum Gasteiger partial charge on any atom is -0.490 e. The van der Waals surface area contributed by atoms with Gasteiger partial charge in [-0.2, -0.15) is 0 Å². The molecule has 0 aromatic heterocycles. The van der Waals surface area contributed by atoms with Crippen molar-refractivity contribution in [1.82, 2.24) is 0 Å². The number of benzene rings is 2. The van der Waals surface area contributed by atoms with Gasteiger partial charge in [0.1, 0.15) is 0 Å². The third-order valence-corrected chi connectivity index (χ3v) is 4.11. The number of hydrogen-bond donors (Lipinski definition) is 1. The number of rotatable bonds is 9. The Morgan fingerprint density at radius 2 is 1.61 bits per heavy atom. The van der Waals surface area contributed by atoms with Crippen molar-refractivity contribution >= 4 is 17.6 Å². The lowest BCUT2D eigenvalue weighted by Gasteiger charge is -2.12. The summed E-state index contributed by atoms with van der Waals surface area (Å²) in [6, 6.07) is 10.9. The molecule has 0 spiro atoms. The largest absolute Gasteiger partial charge is 0.490 e. The minimum atomic E-state index is -0.484. The van der Waals surface area contributed by atoms with E-state index in [9.17, 15) is 9.59 Å². The molecule has 28 heavy (non-hydrogen) atoms. The first kappa shape index (κ1) is 21.3. The summed E-state index contributed by atoms with van der Waals surface area (Å²) in [6.07, 6.45) is 0.0450. The summed E-state index contributed by atoms with van der Waals surface area (Å²) in [6.45, 7) is 8.43. The van der Waals surface area contributed by atoms with Crippen molar-refractivity contribution in [3.8, 4) is 11.5 Å². The van der Waals surface area contributed by atoms with Gasteiger partial charge < -0.3 is 19.5 Å². The average molecular weight is 385 g/mol. The highest BCUT2D eigenvalue weighted by molar-refractivity contribution is 5.93. The van der Waals surface area contributed by atoms with Crippen molar-refractivity contribution in [3.05, 3.63) is 53.1 Å². The van der Waals surface area contributed by atoms with Gasteiger partial charge in [-0.15, -0.1) is 0 Å². The molecule has 0 fully saturated rings. The lowest BCUT2D eigenvalue weighted by molar-refractivity contribution is -0.146. The highest BCUT2D eigenvalue weighted by Crippen LogP contribution is 2.28. The Kier molecular flexibility index (Phi) is 7.87. The predicted molar refractivity (Wildman–Crippen MR) is 108 cm³/mol. The van der Waals surface area contributed by atoms with Gasteiger partial charge in [0.2, 0.25) is 0 Å². The van der Waals surface area contributed by atoms with Crippen molar-refractivity contribution in [2.24, 2.45) is 0 Å². The molecular formula is C22H27NO5. The van der Waals surface area contributed by atoms with Gasteiger partial charge >= 0.3 is 5.97 Å². The van der Waals surface area contributed by atoms with E-state index in [0.29, 0.717) is 30.4 Å². The Bertz CT molecular complexity index is 832. The molecule has 2 rings (SSSR count). The van der Waals surface area contributed by atoms with Crippen LogP contribution in [0.1, 0.15) is 30.5 Å². The number of hydrogen-bond acceptors (Lipinski definition) is 5. The molecule has 1 N–H and O–H groups in total. The van der Waals surface area contributed by atoms with Gasteiger partial charge in [-0.05, 0) is 68.7 Å². The standard InChI is InChI=1S/C22H27NO5/c1-5-26-19-10-8-17(12-20(19)27-6-2)13-22(25)28-14-21(24)23-18-9-7-15(3)16(4)11-18/h7-12H,5-6,13-14H2,1-4H3,(H,23,24). The molecule has 0 heterocycles. The first-order valence-electron chi connectivity index (χ1n) is 9.34. The second kappa shape index (κ2) is 10.3. The molecule has 0 atom stereocenters. The fraction of sp³-hybridized carbons (Fsp3) is 0.364. The van der Waals surface area contributed by atoms with Crippen LogP contribution in [-0.4, -0.2) is 31.7 Å². The number of esters is 1. The zero-order valence-corrected chi connectivity index (χ0v) is 16.8. The van der Waals surface area contributed by atoms with E-state index in [1.807, 2.05) is 45.9 Å². The molecule has 6 nitrogen and oxygen atoms in total. The van der Waals surface area contributed by atoms with Crippen LogP contribution in [0.3, 0.4) is 0 Å². The van der Waals surface area contributed by atoms with Crippen LogP contribution in [0.4, 0.5) is 5.69 Å². The van der Waals surface area contributed by atoms with E-state index in [-0.39, 0.29) is 18.9 Å². The SMILES string of the molecule is CCOc1ccc(CC(=O)OCC(=O)Nc2ccc(C)c(C)c2)cc1OCC. The number of carbonyl (C=O) groups is 2. The lowest BCUT2D eigenvalue weighted by atomic mass is 10.1. The summed E-state index contributed by atoms with van der Waals surface area (Å²) < 4.78 is 16.1. The molecule has 0 saturated heterocycles. The second-order valence-electron chi connectivity index (χ2n) is 6.33. The van der Waals surface area contributed by atoms with Crippen molar-refractivity contribution < 1.29 is 23.8 Å². The van der Waals surface area contributed by atoms with Crippen molar-refractivity contribution in [3.63, 3.8) is 0 Å². The van der Waals surface area contributed by atoms with E-state index >= 15 is 0 Å². The molecule has 2 aromatic carbocycles. The second-order valence-corrected chi connectivity index (χ2v) is 6.33. The molecule has 150 valence electrons. The van der Waals surface area contributed by atoms with Crippen LogP contribution in [-0.2, 0) is 20.7 Å². The zero-order valence-electron chi connectivity index (χ0n) is 16.8. The highest BCUT2D eigenvalue weighted by atomic mass is 16.5. The predicted octanol–water partition coefficient (Wildman–Crippen LogP) is 3.83. The maximum atomic E-state index is 12.1. The summed E-state index contributed by atoms with van der Waals surface area (Å²) in [5.74, 6) is 0.358. The number of anilines is 1. The Morgan fingerprint density at radius 1 is 0.893 bits per heavy atom. The lowest BCUT2D eigenvalue weighted by Crippen LogP contribution is -2.21. The molecule has 6 heteroatoms. The van der Waals surface area contributed by atoms with E-state index in [0.717, 1.165) is 16.7 Å². The van der Waals surface area contributed by atoms with Crippen LogP contribution < -0.4 is 14.8 Å². The smallest absolute Gasteiger partial charge is 0.310 e. The third kappa shape index (κ3) is 6.30. The van der Waals surface area contributed by atoms with Gasteiger partial charge in [0.25, 0.3) is 5.91 Å². The number of amides is 1. The summed E-state index contributed by atoms with van der Waals surface area (Å²) >= 11 is 0. The summed E-state index contributed by atoms with van der Waals surface area (Å²) in [7, 11) is 0. The molecule has 0 aliphatic rings. The van der Waals surface area contributed by atoms with Crippen LogP contribution in [0.15, 0.2) is 36.4 Å². The molecule has 0 aliphatic carbocycles. The van der Waals surface area contributed by atoms with Crippen LogP contribution in [0.5, 0.6) is 11.5 Å². The third-order valence-electron chi connectivity index (χ3n) is 4.11. The highest BCUT2D eigenvalue weighted by Gasteiger charge is 2.12. The van der Waals surface area contributed by atoms with Gasteiger partial charge in [0.05, 0.1) is 19.6 Å². The maximum Gasteiger partial charge on any atom is 0.310 e. The van der Waals surface area contributed by atoms with Crippen LogP contribution in [0, 0.1) is 13.8 Å². The first-order chi connectivity index (χ1) is 13.4. The van der Waals surface area contributed by atoms with E-state index in [2.05, 4.69) is 5.32 Å². The number of nitrogens with one attached hydrogen (secondary N) is 1. The van der Waals surface area contributed by atoms with Crippen LogP contribution >= 0.6 is 0 Å². The van der Waals surface area contributed by atoms with Crippen molar-refractivity contribution in [1.29, 1.82) is 0 Å². The van der Waals surface area contributed by atoms with E-state index < -0.39 is 5.97 Å². The summed E-state index contributed by atoms with van der Waals surface area (Å²) in [5.41, 5.74) is 3.63. The molecule has 0 aliphatic heterocycles. The average Bonchev–Trinajstić information content (AvgIpc) is 2.65. The van der Waals surface area contributed by atoms with Gasteiger partial charge in [-0.3, -0.25) is 9.59 Å². The normalized spacial score (nSPS) is 10.3. The molecule has 0 bridgehead atoms. The quantitative estimate of drug-likeness (QED) is 0.664. The Balaban J connectivity index is 1.88. The monoisotopic (exact) mass is 385 g/mol. The molecule has 2 aromatic rings. The molecule has 0 unspecified atom stereocenters. The Hall–Kier alpha value is -3.02. The van der Waals surface area contributed by atoms with E-state index in [4.69, 9.17) is 14.2 Å².